The predicted octanol–water partition coefficient (Wildman–Crippen LogP) is 6.58. The second-order valence-corrected chi connectivity index (χ2v) is 7.51. The monoisotopic (exact) mass is 501 g/mol. The van der Waals surface area contributed by atoms with Crippen LogP contribution in [-0.4, -0.2) is 15.9 Å². The van der Waals surface area contributed by atoms with Crippen LogP contribution in [0.2, 0.25) is 10.0 Å². The summed E-state index contributed by atoms with van der Waals surface area (Å²) in [5.74, 6) is 1.48. The molecule has 0 saturated carbocycles. The fraction of sp³-hybridized carbons (Fsp3) is 0. The maximum Gasteiger partial charge on any atom is 0.248 e. The Morgan fingerprint density at radius 1 is 0.909 bits per heavy atom. The van der Waals surface area contributed by atoms with Gasteiger partial charge in [-0.15, -0.1) is 12.4 Å². The minimum absolute atomic E-state index is 0. The number of hydrogen-bond acceptors (Lipinski definition) is 6. The lowest BCUT2D eigenvalue weighted by molar-refractivity contribution is 0.100. The van der Waals surface area contributed by atoms with E-state index in [-0.39, 0.29) is 12.4 Å². The van der Waals surface area contributed by atoms with Crippen LogP contribution in [0, 0.1) is 0 Å². The fourth-order valence-electron chi connectivity index (χ4n) is 2.83. The average Bonchev–Trinajstić information content (AvgIpc) is 2.76. The van der Waals surface area contributed by atoms with Crippen molar-refractivity contribution < 1.29 is 9.53 Å². The zero-order valence-corrected chi connectivity index (χ0v) is 19.3. The van der Waals surface area contributed by atoms with Crippen molar-refractivity contribution in [3.63, 3.8) is 0 Å². The minimum atomic E-state index is -0.510. The summed E-state index contributed by atoms with van der Waals surface area (Å²) in [7, 11) is 0. The van der Waals surface area contributed by atoms with Gasteiger partial charge in [0.05, 0.1) is 5.02 Å². The molecule has 0 aliphatic rings. The van der Waals surface area contributed by atoms with Gasteiger partial charge < -0.3 is 21.1 Å². The molecule has 0 radical (unpaired) electrons. The molecule has 4 N–H and O–H groups in total. The van der Waals surface area contributed by atoms with Crippen molar-refractivity contribution in [3.8, 4) is 11.5 Å². The van der Waals surface area contributed by atoms with Crippen molar-refractivity contribution in [2.24, 2.45) is 5.73 Å². The minimum Gasteiger partial charge on any atom is -0.456 e. The van der Waals surface area contributed by atoms with Crippen LogP contribution in [0.5, 0.6) is 11.5 Å². The summed E-state index contributed by atoms with van der Waals surface area (Å²) >= 11 is 12.4. The smallest absolute Gasteiger partial charge is 0.248 e. The van der Waals surface area contributed by atoms with E-state index in [4.69, 9.17) is 33.7 Å². The summed E-state index contributed by atoms with van der Waals surface area (Å²) < 4.78 is 5.79. The van der Waals surface area contributed by atoms with E-state index in [1.807, 2.05) is 6.07 Å². The number of carbonyl (C=O) groups excluding carboxylic acids is 1. The van der Waals surface area contributed by atoms with Crippen LogP contribution in [-0.2, 0) is 0 Å². The van der Waals surface area contributed by atoms with E-state index in [1.54, 1.807) is 72.9 Å². The lowest BCUT2D eigenvalue weighted by Gasteiger charge is -2.11. The molecule has 0 spiro atoms. The first-order valence-corrected chi connectivity index (χ1v) is 10.2. The zero-order valence-electron chi connectivity index (χ0n) is 17.0. The molecule has 1 heterocycles. The number of aromatic nitrogens is 2. The van der Waals surface area contributed by atoms with Crippen molar-refractivity contribution >= 4 is 64.7 Å². The lowest BCUT2D eigenvalue weighted by Crippen LogP contribution is -2.11. The van der Waals surface area contributed by atoms with Crippen molar-refractivity contribution in [2.75, 3.05) is 10.6 Å². The number of hydrogen-bond donors (Lipinski definition) is 3. The van der Waals surface area contributed by atoms with E-state index in [0.717, 1.165) is 0 Å². The second kappa shape index (κ2) is 10.9. The molecule has 168 valence electrons. The molecule has 1 amide bonds. The summed E-state index contributed by atoms with van der Waals surface area (Å²) in [6, 6.07) is 20.9. The third-order valence-corrected chi connectivity index (χ3v) is 4.82. The number of anilines is 4. The Hall–Kier alpha value is -3.52. The highest BCUT2D eigenvalue weighted by Crippen LogP contribution is 2.33. The molecule has 0 atom stereocenters. The van der Waals surface area contributed by atoms with E-state index >= 15 is 0 Å². The molecule has 0 aliphatic heterocycles. The molecule has 0 saturated heterocycles. The number of carbonyl (C=O) groups is 1. The van der Waals surface area contributed by atoms with Crippen LogP contribution in [0.1, 0.15) is 10.4 Å². The standard InChI is InChI=1S/C23H17Cl2N5O2.ClH/c24-15-4-2-6-18(12-15)32-20-8-7-17(13-19(20)25)28-21-9-10-27-23(30-21)29-16-5-1-3-14(11-16)22(26)31;/h1-13H,(H2,26,31)(H2,27,28,29,30);1H. The van der Waals surface area contributed by atoms with E-state index in [1.165, 1.54) is 0 Å². The van der Waals surface area contributed by atoms with Crippen LogP contribution in [0.4, 0.5) is 23.1 Å². The van der Waals surface area contributed by atoms with Gasteiger partial charge in [-0.2, -0.15) is 4.98 Å². The number of benzene rings is 3. The van der Waals surface area contributed by atoms with Gasteiger partial charge in [-0.1, -0.05) is 35.3 Å². The van der Waals surface area contributed by atoms with E-state index in [9.17, 15) is 4.79 Å². The van der Waals surface area contributed by atoms with Gasteiger partial charge in [-0.25, -0.2) is 4.98 Å². The van der Waals surface area contributed by atoms with Crippen molar-refractivity contribution in [2.45, 2.75) is 0 Å². The van der Waals surface area contributed by atoms with Crippen LogP contribution in [0.3, 0.4) is 0 Å². The van der Waals surface area contributed by atoms with Crippen LogP contribution < -0.4 is 21.1 Å². The number of nitrogens with zero attached hydrogens (tertiary/aromatic N) is 2. The first kappa shape index (κ1) is 24.1. The zero-order chi connectivity index (χ0) is 22.5. The van der Waals surface area contributed by atoms with Crippen molar-refractivity contribution in [1.29, 1.82) is 0 Å². The molecule has 0 aliphatic carbocycles. The molecule has 0 fully saturated rings. The van der Waals surface area contributed by atoms with Gasteiger partial charge in [0.15, 0.2) is 0 Å². The lowest BCUT2D eigenvalue weighted by atomic mass is 10.2. The highest BCUT2D eigenvalue weighted by molar-refractivity contribution is 6.32. The Morgan fingerprint density at radius 3 is 2.45 bits per heavy atom. The van der Waals surface area contributed by atoms with Gasteiger partial charge in [0.1, 0.15) is 17.3 Å². The average molecular weight is 503 g/mol. The SMILES string of the molecule is Cl.NC(=O)c1cccc(Nc2nccc(Nc3ccc(Oc4cccc(Cl)c4)c(Cl)c3)n2)c1. The van der Waals surface area contributed by atoms with Gasteiger partial charge in [0.2, 0.25) is 11.9 Å². The number of nitrogens with one attached hydrogen (secondary N) is 2. The maximum absolute atomic E-state index is 11.4. The first-order chi connectivity index (χ1) is 15.5. The third kappa shape index (κ3) is 6.49. The number of ether oxygens (including phenoxy) is 1. The molecule has 0 bridgehead atoms. The molecular formula is C23H18Cl3N5O2. The van der Waals surface area contributed by atoms with Gasteiger partial charge in [-0.3, -0.25) is 4.79 Å². The summed E-state index contributed by atoms with van der Waals surface area (Å²) in [5.41, 5.74) is 7.07. The molecule has 3 aromatic carbocycles. The quantitative estimate of drug-likeness (QED) is 0.264. The number of halogens is 3. The number of nitrogens with two attached hydrogens (primary N) is 1. The second-order valence-electron chi connectivity index (χ2n) is 6.67. The Kier molecular flexibility index (Phi) is 7.95. The summed E-state index contributed by atoms with van der Waals surface area (Å²) in [6.07, 6.45) is 1.60. The van der Waals surface area contributed by atoms with Gasteiger partial charge in [0, 0.05) is 28.2 Å². The molecule has 1 aromatic heterocycles. The fourth-order valence-corrected chi connectivity index (χ4v) is 3.23. The molecule has 4 rings (SSSR count). The van der Waals surface area contributed by atoms with Crippen LogP contribution in [0.25, 0.3) is 0 Å². The number of primary amides is 1. The van der Waals surface area contributed by atoms with E-state index in [0.29, 0.717) is 50.2 Å². The van der Waals surface area contributed by atoms with Gasteiger partial charge >= 0.3 is 0 Å². The van der Waals surface area contributed by atoms with Crippen LogP contribution in [0.15, 0.2) is 79.0 Å². The Morgan fingerprint density at radius 2 is 1.70 bits per heavy atom. The summed E-state index contributed by atoms with van der Waals surface area (Å²) in [4.78, 5) is 20.0. The molecular weight excluding hydrogens is 485 g/mol. The van der Waals surface area contributed by atoms with Gasteiger partial charge in [-0.05, 0) is 60.7 Å². The van der Waals surface area contributed by atoms with Gasteiger partial charge in [0.25, 0.3) is 0 Å². The molecule has 4 aromatic rings. The molecule has 10 heteroatoms. The highest BCUT2D eigenvalue weighted by atomic mass is 35.5. The first-order valence-electron chi connectivity index (χ1n) is 9.46. The largest absolute Gasteiger partial charge is 0.456 e. The Balaban J connectivity index is 0.00000306. The highest BCUT2D eigenvalue weighted by Gasteiger charge is 2.08. The normalized spacial score (nSPS) is 10.1. The van der Waals surface area contributed by atoms with Crippen molar-refractivity contribution in [1.82, 2.24) is 9.97 Å². The number of rotatable bonds is 7. The van der Waals surface area contributed by atoms with E-state index in [2.05, 4.69) is 20.6 Å². The number of amides is 1. The molecule has 7 nitrogen and oxygen atoms in total. The predicted molar refractivity (Wildman–Crippen MR) is 134 cm³/mol. The Labute approximate surface area is 206 Å². The summed E-state index contributed by atoms with van der Waals surface area (Å²) in [6.45, 7) is 0. The molecule has 33 heavy (non-hydrogen) atoms. The van der Waals surface area contributed by atoms with Crippen molar-refractivity contribution in [3.05, 3.63) is 94.6 Å². The third-order valence-electron chi connectivity index (χ3n) is 4.29. The Bertz CT molecular complexity index is 1290. The van der Waals surface area contributed by atoms with Crippen LogP contribution >= 0.6 is 35.6 Å². The molecule has 0 unspecified atom stereocenters. The summed E-state index contributed by atoms with van der Waals surface area (Å²) in [5, 5.41) is 7.22. The maximum atomic E-state index is 11.4. The van der Waals surface area contributed by atoms with E-state index < -0.39 is 5.91 Å². The topological polar surface area (TPSA) is 102 Å².